The van der Waals surface area contributed by atoms with Crippen LogP contribution in [0.5, 0.6) is 0 Å². The first-order chi connectivity index (χ1) is 17.7. The minimum Gasteiger partial charge on any atom is -0.360 e. The highest BCUT2D eigenvalue weighted by atomic mass is 35.5. The van der Waals surface area contributed by atoms with E-state index in [0.29, 0.717) is 17.1 Å². The maximum atomic E-state index is 14.1. The van der Waals surface area contributed by atoms with Crippen LogP contribution in [0.1, 0.15) is 26.7 Å². The summed E-state index contributed by atoms with van der Waals surface area (Å²) in [5.41, 5.74) is 5.52. The molecule has 36 heavy (non-hydrogen) atoms. The van der Waals surface area contributed by atoms with Gasteiger partial charge >= 0.3 is 0 Å². The second kappa shape index (κ2) is 9.69. The molecule has 0 fully saturated rings. The molecule has 0 unspecified atom stereocenters. The van der Waals surface area contributed by atoms with Crippen LogP contribution in [0.15, 0.2) is 114 Å². The van der Waals surface area contributed by atoms with Gasteiger partial charge in [0, 0.05) is 27.7 Å². The molecule has 6 rings (SSSR count). The van der Waals surface area contributed by atoms with E-state index in [1.807, 2.05) is 97.2 Å². The maximum Gasteiger partial charge on any atom is 0.182 e. The zero-order valence-electron chi connectivity index (χ0n) is 19.3. The van der Waals surface area contributed by atoms with Gasteiger partial charge in [0.15, 0.2) is 10.9 Å². The molecule has 0 aliphatic heterocycles. The normalized spacial score (nSPS) is 12.2. The molecule has 0 radical (unpaired) electrons. The Labute approximate surface area is 217 Å². The van der Waals surface area contributed by atoms with E-state index in [-0.39, 0.29) is 5.78 Å². The number of thioether (sulfide) groups is 1. The Hall–Kier alpha value is -3.80. The van der Waals surface area contributed by atoms with Gasteiger partial charge in [-0.05, 0) is 35.4 Å². The van der Waals surface area contributed by atoms with E-state index in [0.717, 1.165) is 38.2 Å². The predicted molar refractivity (Wildman–Crippen MR) is 148 cm³/mol. The summed E-state index contributed by atoms with van der Waals surface area (Å²) >= 11 is 7.78. The summed E-state index contributed by atoms with van der Waals surface area (Å²) in [5, 5.41) is 1.87. The van der Waals surface area contributed by atoms with Gasteiger partial charge in [-0.2, -0.15) is 0 Å². The Morgan fingerprint density at radius 1 is 0.917 bits per heavy atom. The number of hydrogen-bond acceptors (Lipinski definition) is 3. The molecule has 1 atom stereocenters. The molecule has 0 saturated heterocycles. The van der Waals surface area contributed by atoms with Gasteiger partial charge in [-0.3, -0.25) is 4.79 Å². The third kappa shape index (κ3) is 4.32. The van der Waals surface area contributed by atoms with E-state index in [1.54, 1.807) is 0 Å². The molecule has 4 nitrogen and oxygen atoms in total. The van der Waals surface area contributed by atoms with Crippen LogP contribution in [0.2, 0.25) is 5.02 Å². The Balaban J connectivity index is 1.46. The number of rotatable bonds is 7. The lowest BCUT2D eigenvalue weighted by atomic mass is 10.0. The Kier molecular flexibility index (Phi) is 6.09. The summed E-state index contributed by atoms with van der Waals surface area (Å²) in [5.74, 6) is 0.0417. The number of hydrogen-bond donors (Lipinski definition) is 1. The number of para-hydroxylation sites is 1. The molecule has 0 aliphatic carbocycles. The van der Waals surface area contributed by atoms with Crippen molar-refractivity contribution in [1.29, 1.82) is 0 Å². The van der Waals surface area contributed by atoms with Crippen LogP contribution in [-0.4, -0.2) is 20.3 Å². The van der Waals surface area contributed by atoms with Crippen molar-refractivity contribution in [3.63, 3.8) is 0 Å². The van der Waals surface area contributed by atoms with Crippen LogP contribution in [0, 0.1) is 0 Å². The van der Waals surface area contributed by atoms with Crippen molar-refractivity contribution >= 4 is 51.1 Å². The Morgan fingerprint density at radius 3 is 2.44 bits per heavy atom. The summed E-state index contributed by atoms with van der Waals surface area (Å²) in [6, 6.07) is 33.8. The van der Waals surface area contributed by atoms with E-state index >= 15 is 0 Å². The molecular weight excluding hydrogens is 486 g/mol. The molecule has 1 N–H and O–H groups in total. The smallest absolute Gasteiger partial charge is 0.182 e. The number of nitrogens with one attached hydrogen (secondary N) is 1. The third-order valence-electron chi connectivity index (χ3n) is 6.28. The van der Waals surface area contributed by atoms with E-state index in [1.165, 1.54) is 11.8 Å². The molecule has 0 bridgehead atoms. The Bertz CT molecular complexity index is 1670. The number of Topliss-reactive ketones (excluding diaryl/α,β-unsaturated/α-hetero) is 1. The molecule has 176 valence electrons. The number of benzene rings is 4. The SMILES string of the molecule is O=C(c1c[nH]c2ccccc12)[C@@H](Sc1nc2cc(Cl)ccc2n1Cc1ccccc1)c1ccccc1. The van der Waals surface area contributed by atoms with Gasteiger partial charge in [0.1, 0.15) is 5.25 Å². The number of fused-ring (bicyclic) bond motifs is 2. The topological polar surface area (TPSA) is 50.7 Å². The zero-order valence-corrected chi connectivity index (χ0v) is 20.8. The highest BCUT2D eigenvalue weighted by Gasteiger charge is 2.28. The van der Waals surface area contributed by atoms with Gasteiger partial charge in [-0.25, -0.2) is 4.98 Å². The van der Waals surface area contributed by atoms with Crippen LogP contribution in [0.4, 0.5) is 0 Å². The molecule has 0 amide bonds. The number of aromatic amines is 1. The van der Waals surface area contributed by atoms with Crippen molar-refractivity contribution < 1.29 is 4.79 Å². The van der Waals surface area contributed by atoms with Crippen molar-refractivity contribution in [2.24, 2.45) is 0 Å². The average molecular weight is 508 g/mol. The average Bonchev–Trinajstić information content (AvgIpc) is 3.49. The van der Waals surface area contributed by atoms with Crippen LogP contribution in [-0.2, 0) is 6.54 Å². The summed E-state index contributed by atoms with van der Waals surface area (Å²) < 4.78 is 2.17. The molecule has 6 heteroatoms. The van der Waals surface area contributed by atoms with Gasteiger partial charge in [-0.15, -0.1) is 0 Å². The molecule has 6 aromatic rings. The molecule has 4 aromatic carbocycles. The van der Waals surface area contributed by atoms with Crippen LogP contribution in [0.25, 0.3) is 21.9 Å². The number of carbonyl (C=O) groups is 1. The van der Waals surface area contributed by atoms with E-state index < -0.39 is 5.25 Å². The second-order valence-corrected chi connectivity index (χ2v) is 10.1. The number of halogens is 1. The minimum atomic E-state index is -0.466. The summed E-state index contributed by atoms with van der Waals surface area (Å²) in [6.07, 6.45) is 1.82. The maximum absolute atomic E-state index is 14.1. The van der Waals surface area contributed by atoms with E-state index in [2.05, 4.69) is 21.7 Å². The predicted octanol–water partition coefficient (Wildman–Crippen LogP) is 7.94. The van der Waals surface area contributed by atoms with Crippen molar-refractivity contribution in [2.75, 3.05) is 0 Å². The number of aromatic nitrogens is 3. The number of ketones is 1. The molecule has 0 saturated carbocycles. The Morgan fingerprint density at radius 2 is 1.64 bits per heavy atom. The monoisotopic (exact) mass is 507 g/mol. The van der Waals surface area contributed by atoms with Gasteiger partial charge in [0.05, 0.1) is 17.6 Å². The largest absolute Gasteiger partial charge is 0.360 e. The number of nitrogens with zero attached hydrogens (tertiary/aromatic N) is 2. The van der Waals surface area contributed by atoms with E-state index in [9.17, 15) is 4.79 Å². The van der Waals surface area contributed by atoms with Crippen molar-refractivity contribution in [3.8, 4) is 0 Å². The van der Waals surface area contributed by atoms with Crippen LogP contribution in [0.3, 0.4) is 0 Å². The van der Waals surface area contributed by atoms with Gasteiger partial charge < -0.3 is 9.55 Å². The van der Waals surface area contributed by atoms with Crippen LogP contribution < -0.4 is 0 Å². The lowest BCUT2D eigenvalue weighted by Gasteiger charge is -2.17. The fourth-order valence-corrected chi connectivity index (χ4v) is 5.86. The summed E-state index contributed by atoms with van der Waals surface area (Å²) in [7, 11) is 0. The van der Waals surface area contributed by atoms with E-state index in [4.69, 9.17) is 16.6 Å². The number of H-pyrrole nitrogens is 1. The fraction of sp³-hybridized carbons (Fsp3) is 0.0667. The highest BCUT2D eigenvalue weighted by Crippen LogP contribution is 2.40. The highest BCUT2D eigenvalue weighted by molar-refractivity contribution is 8.00. The zero-order chi connectivity index (χ0) is 24.5. The molecule has 0 aliphatic rings. The number of carbonyl (C=O) groups excluding carboxylic acids is 1. The first-order valence-electron chi connectivity index (χ1n) is 11.7. The molecule has 2 aromatic heterocycles. The van der Waals surface area contributed by atoms with Crippen molar-refractivity contribution in [1.82, 2.24) is 14.5 Å². The van der Waals surface area contributed by atoms with Gasteiger partial charge in [0.25, 0.3) is 0 Å². The summed E-state index contributed by atoms with van der Waals surface area (Å²) in [6.45, 7) is 0.643. The number of imidazole rings is 1. The first kappa shape index (κ1) is 22.7. The van der Waals surface area contributed by atoms with Crippen LogP contribution >= 0.6 is 23.4 Å². The summed E-state index contributed by atoms with van der Waals surface area (Å²) in [4.78, 5) is 22.3. The van der Waals surface area contributed by atoms with Crippen molar-refractivity contribution in [2.45, 2.75) is 17.0 Å². The quantitative estimate of drug-likeness (QED) is 0.176. The molecule has 0 spiro atoms. The standard InChI is InChI=1S/C30H22ClN3OS/c31-22-15-16-27-26(17-22)33-30(34(27)19-20-9-3-1-4-10-20)36-29(21-11-5-2-6-12-21)28(35)24-18-32-25-14-8-7-13-23(24)25/h1-18,29,32H,19H2/t29-/m0/s1. The van der Waals surface area contributed by atoms with Crippen molar-refractivity contribution in [3.05, 3.63) is 131 Å². The second-order valence-electron chi connectivity index (χ2n) is 8.62. The first-order valence-corrected chi connectivity index (χ1v) is 12.9. The molecule has 2 heterocycles. The lowest BCUT2D eigenvalue weighted by molar-refractivity contribution is 0.0991. The fourth-order valence-electron chi connectivity index (χ4n) is 4.51. The third-order valence-corrected chi connectivity index (χ3v) is 7.76. The lowest BCUT2D eigenvalue weighted by Crippen LogP contribution is -2.11. The minimum absolute atomic E-state index is 0.0417. The van der Waals surface area contributed by atoms with Gasteiger partial charge in [0.2, 0.25) is 0 Å². The van der Waals surface area contributed by atoms with Gasteiger partial charge in [-0.1, -0.05) is 102 Å². The molecular formula is C30H22ClN3OS.